The molecule has 0 amide bonds. The summed E-state index contributed by atoms with van der Waals surface area (Å²) in [6, 6.07) is 0. The molecule has 0 radical (unpaired) electrons. The topological polar surface area (TPSA) is 74.6 Å². The van der Waals surface area contributed by atoms with Crippen LogP contribution in [0.5, 0.6) is 0 Å². The molecule has 0 rings (SSSR count). The van der Waals surface area contributed by atoms with Crippen molar-refractivity contribution in [1.82, 2.24) is 0 Å². The molecule has 4 nitrogen and oxygen atoms in total. The zero-order chi connectivity index (χ0) is 10.6. The van der Waals surface area contributed by atoms with Crippen molar-refractivity contribution in [3.63, 3.8) is 0 Å². The van der Waals surface area contributed by atoms with Gasteiger partial charge in [0.05, 0.1) is 0 Å². The van der Waals surface area contributed by atoms with Gasteiger partial charge in [0.15, 0.2) is 5.92 Å². The average molecular weight is 212 g/mol. The Morgan fingerprint density at radius 1 is 1.14 bits per heavy atom. The SMILES string of the molecule is CC(C)(C)CCC(C(=O)O)C(=O)O.[NaH]. The molecule has 14 heavy (non-hydrogen) atoms. The first-order valence-corrected chi connectivity index (χ1v) is 4.19. The van der Waals surface area contributed by atoms with Gasteiger partial charge in [-0.3, -0.25) is 9.59 Å². The number of carbonyl (C=O) groups is 2. The Kier molecular flexibility index (Phi) is 7.52. The summed E-state index contributed by atoms with van der Waals surface area (Å²) in [7, 11) is 0. The van der Waals surface area contributed by atoms with Gasteiger partial charge in [0, 0.05) is 0 Å². The number of carboxylic acids is 2. The van der Waals surface area contributed by atoms with E-state index in [1.807, 2.05) is 20.8 Å². The van der Waals surface area contributed by atoms with Crippen LogP contribution in [0.15, 0.2) is 0 Å². The first-order valence-electron chi connectivity index (χ1n) is 4.19. The van der Waals surface area contributed by atoms with Gasteiger partial charge in [-0.15, -0.1) is 0 Å². The normalized spacial score (nSPS) is 10.9. The third-order valence-electron chi connectivity index (χ3n) is 1.78. The van der Waals surface area contributed by atoms with Crippen molar-refractivity contribution in [2.45, 2.75) is 33.6 Å². The molecule has 0 aromatic rings. The summed E-state index contributed by atoms with van der Waals surface area (Å²) in [4.78, 5) is 21.0. The van der Waals surface area contributed by atoms with Crippen LogP contribution in [0.2, 0.25) is 0 Å². The molecule has 0 atom stereocenters. The van der Waals surface area contributed by atoms with Crippen molar-refractivity contribution < 1.29 is 19.8 Å². The molecule has 0 saturated carbocycles. The van der Waals surface area contributed by atoms with Crippen LogP contribution in [0.25, 0.3) is 0 Å². The van der Waals surface area contributed by atoms with Gasteiger partial charge in [0.1, 0.15) is 0 Å². The predicted molar refractivity (Wildman–Crippen MR) is 54.6 cm³/mol. The predicted octanol–water partition coefficient (Wildman–Crippen LogP) is 0.950. The molecular weight excluding hydrogens is 195 g/mol. The molecule has 0 aromatic carbocycles. The van der Waals surface area contributed by atoms with Crippen molar-refractivity contribution in [2.24, 2.45) is 11.3 Å². The fourth-order valence-corrected chi connectivity index (χ4v) is 0.930. The van der Waals surface area contributed by atoms with Crippen molar-refractivity contribution in [2.75, 3.05) is 0 Å². The first kappa shape index (κ1) is 16.4. The summed E-state index contributed by atoms with van der Waals surface area (Å²) >= 11 is 0. The van der Waals surface area contributed by atoms with Crippen LogP contribution in [0.1, 0.15) is 33.6 Å². The van der Waals surface area contributed by atoms with E-state index in [0.29, 0.717) is 6.42 Å². The molecule has 2 N–H and O–H groups in total. The van der Waals surface area contributed by atoms with Crippen LogP contribution < -0.4 is 0 Å². The molecular formula is C9H17NaO4. The summed E-state index contributed by atoms with van der Waals surface area (Å²) in [5.74, 6) is -3.77. The Morgan fingerprint density at radius 3 is 1.71 bits per heavy atom. The van der Waals surface area contributed by atoms with Crippen LogP contribution in [0.3, 0.4) is 0 Å². The van der Waals surface area contributed by atoms with Gasteiger partial charge in [-0.25, -0.2) is 0 Å². The number of rotatable bonds is 4. The van der Waals surface area contributed by atoms with Crippen LogP contribution in [0, 0.1) is 11.3 Å². The van der Waals surface area contributed by atoms with Crippen LogP contribution in [0.4, 0.5) is 0 Å². The van der Waals surface area contributed by atoms with E-state index >= 15 is 0 Å². The number of hydrogen-bond donors (Lipinski definition) is 2. The molecule has 5 heteroatoms. The van der Waals surface area contributed by atoms with Crippen molar-refractivity contribution in [1.29, 1.82) is 0 Å². The third kappa shape index (κ3) is 7.35. The van der Waals surface area contributed by atoms with Crippen molar-refractivity contribution in [3.05, 3.63) is 0 Å². The molecule has 0 aliphatic carbocycles. The third-order valence-corrected chi connectivity index (χ3v) is 1.78. The summed E-state index contributed by atoms with van der Waals surface area (Å²) in [5.41, 5.74) is -0.0247. The van der Waals surface area contributed by atoms with E-state index in [9.17, 15) is 9.59 Å². The van der Waals surface area contributed by atoms with E-state index in [0.717, 1.165) is 0 Å². The van der Waals surface area contributed by atoms with E-state index in [2.05, 4.69) is 0 Å². The van der Waals surface area contributed by atoms with Gasteiger partial charge in [-0.1, -0.05) is 20.8 Å². The van der Waals surface area contributed by atoms with Crippen LogP contribution >= 0.6 is 0 Å². The van der Waals surface area contributed by atoms with Gasteiger partial charge >= 0.3 is 41.5 Å². The van der Waals surface area contributed by atoms with Gasteiger partial charge in [-0.2, -0.15) is 0 Å². The van der Waals surface area contributed by atoms with E-state index in [1.165, 1.54) is 0 Å². The number of aliphatic carboxylic acids is 2. The Bertz CT molecular complexity index is 193. The van der Waals surface area contributed by atoms with Crippen molar-refractivity contribution in [3.8, 4) is 0 Å². The number of hydrogen-bond acceptors (Lipinski definition) is 2. The zero-order valence-electron chi connectivity index (χ0n) is 8.20. The molecule has 0 heterocycles. The quantitative estimate of drug-likeness (QED) is 0.537. The molecule has 0 aliphatic rings. The molecule has 0 bridgehead atoms. The Balaban J connectivity index is 0. The molecule has 0 aromatic heterocycles. The summed E-state index contributed by atoms with van der Waals surface area (Å²) in [6.07, 6.45) is 0.782. The summed E-state index contributed by atoms with van der Waals surface area (Å²) in [6.45, 7) is 5.86. The Labute approximate surface area is 106 Å². The fraction of sp³-hybridized carbons (Fsp3) is 0.778. The number of carboxylic acid groups (broad SMARTS) is 2. The van der Waals surface area contributed by atoms with Gasteiger partial charge in [0.25, 0.3) is 0 Å². The monoisotopic (exact) mass is 212 g/mol. The Hall–Kier alpha value is -0.0600. The minimum absolute atomic E-state index is 0. The van der Waals surface area contributed by atoms with E-state index in [-0.39, 0.29) is 41.4 Å². The summed E-state index contributed by atoms with van der Waals surface area (Å²) < 4.78 is 0. The Morgan fingerprint density at radius 2 is 1.50 bits per heavy atom. The van der Waals surface area contributed by atoms with Crippen molar-refractivity contribution >= 4 is 41.5 Å². The second-order valence-electron chi connectivity index (χ2n) is 4.33. The zero-order valence-corrected chi connectivity index (χ0v) is 8.20. The van der Waals surface area contributed by atoms with Crippen LogP contribution in [-0.4, -0.2) is 51.7 Å². The van der Waals surface area contributed by atoms with E-state index in [4.69, 9.17) is 10.2 Å². The molecule has 0 unspecified atom stereocenters. The minimum atomic E-state index is -1.26. The van der Waals surface area contributed by atoms with Gasteiger partial charge < -0.3 is 10.2 Å². The van der Waals surface area contributed by atoms with Crippen LogP contribution in [-0.2, 0) is 9.59 Å². The molecule has 78 valence electrons. The maximum atomic E-state index is 10.5. The summed E-state index contributed by atoms with van der Waals surface area (Å²) in [5, 5.41) is 17.1. The fourth-order valence-electron chi connectivity index (χ4n) is 0.930. The van der Waals surface area contributed by atoms with E-state index < -0.39 is 17.9 Å². The first-order chi connectivity index (χ1) is 5.74. The second-order valence-corrected chi connectivity index (χ2v) is 4.33. The molecule has 0 fully saturated rings. The molecule has 0 aliphatic heterocycles. The average Bonchev–Trinajstić information content (AvgIpc) is 1.82. The van der Waals surface area contributed by atoms with E-state index in [1.54, 1.807) is 0 Å². The molecule has 0 saturated heterocycles. The maximum absolute atomic E-state index is 10.5. The van der Waals surface area contributed by atoms with Gasteiger partial charge in [-0.05, 0) is 18.3 Å². The second kappa shape index (κ2) is 6.43. The molecule has 0 spiro atoms. The van der Waals surface area contributed by atoms with Gasteiger partial charge in [0.2, 0.25) is 0 Å². The standard InChI is InChI=1S/C9H16O4.Na.H/c1-9(2,3)5-4-6(7(10)11)8(12)13;;/h6H,4-5H2,1-3H3,(H,10,11)(H,12,13);;.